The summed E-state index contributed by atoms with van der Waals surface area (Å²) in [6.45, 7) is 4.99. The van der Waals surface area contributed by atoms with Gasteiger partial charge < -0.3 is 5.73 Å². The van der Waals surface area contributed by atoms with Crippen molar-refractivity contribution >= 4 is 27.5 Å². The van der Waals surface area contributed by atoms with E-state index in [4.69, 9.17) is 17.3 Å². The van der Waals surface area contributed by atoms with E-state index in [1.807, 2.05) is 12.1 Å². The van der Waals surface area contributed by atoms with Gasteiger partial charge in [-0.05, 0) is 52.0 Å². The average molecular weight is 277 g/mol. The van der Waals surface area contributed by atoms with E-state index in [0.717, 1.165) is 15.9 Å². The summed E-state index contributed by atoms with van der Waals surface area (Å²) in [6, 6.07) is 6.04. The minimum absolute atomic E-state index is 0.136. The molecule has 0 aliphatic rings. The van der Waals surface area contributed by atoms with E-state index in [2.05, 4.69) is 35.8 Å². The van der Waals surface area contributed by atoms with Gasteiger partial charge in [-0.2, -0.15) is 0 Å². The molecular formula is C11H15BrClN. The maximum absolute atomic E-state index is 6.01. The third-order valence-electron chi connectivity index (χ3n) is 2.22. The molecule has 0 aliphatic carbocycles. The summed E-state index contributed by atoms with van der Waals surface area (Å²) in [5, 5.41) is 0.760. The Morgan fingerprint density at radius 2 is 2.07 bits per heavy atom. The number of hydrogen-bond acceptors (Lipinski definition) is 1. The molecule has 0 spiro atoms. The van der Waals surface area contributed by atoms with Crippen LogP contribution in [-0.4, -0.2) is 6.54 Å². The second-order valence-electron chi connectivity index (χ2n) is 4.29. The van der Waals surface area contributed by atoms with Crippen molar-refractivity contribution in [1.82, 2.24) is 0 Å². The van der Waals surface area contributed by atoms with Crippen LogP contribution in [0, 0.1) is 5.41 Å². The van der Waals surface area contributed by atoms with Gasteiger partial charge in [-0.1, -0.05) is 31.5 Å². The number of benzene rings is 1. The zero-order valence-corrected chi connectivity index (χ0v) is 10.8. The van der Waals surface area contributed by atoms with E-state index in [1.54, 1.807) is 0 Å². The van der Waals surface area contributed by atoms with E-state index in [9.17, 15) is 0 Å². The van der Waals surface area contributed by atoms with E-state index < -0.39 is 0 Å². The van der Waals surface area contributed by atoms with Gasteiger partial charge in [0.05, 0.1) is 5.02 Å². The molecule has 0 atom stereocenters. The number of hydrogen-bond donors (Lipinski definition) is 1. The van der Waals surface area contributed by atoms with Crippen molar-refractivity contribution in [3.05, 3.63) is 33.3 Å². The standard InChI is InChI=1S/C11H15BrClN/c1-11(2,7-14)6-8-3-4-9(12)10(13)5-8/h3-5H,6-7,14H2,1-2H3. The van der Waals surface area contributed by atoms with Crippen LogP contribution in [-0.2, 0) is 6.42 Å². The monoisotopic (exact) mass is 275 g/mol. The lowest BCUT2D eigenvalue weighted by Gasteiger charge is -2.22. The number of halogens is 2. The van der Waals surface area contributed by atoms with Crippen molar-refractivity contribution in [2.45, 2.75) is 20.3 Å². The maximum atomic E-state index is 6.01. The van der Waals surface area contributed by atoms with Crippen LogP contribution in [0.2, 0.25) is 5.02 Å². The van der Waals surface area contributed by atoms with Gasteiger partial charge in [-0.15, -0.1) is 0 Å². The molecule has 0 unspecified atom stereocenters. The molecule has 0 saturated carbocycles. The van der Waals surface area contributed by atoms with Gasteiger partial charge in [0, 0.05) is 4.47 Å². The largest absolute Gasteiger partial charge is 0.330 e. The Balaban J connectivity index is 2.83. The molecule has 1 nitrogen and oxygen atoms in total. The molecule has 0 radical (unpaired) electrons. The topological polar surface area (TPSA) is 26.0 Å². The minimum atomic E-state index is 0.136. The molecule has 0 saturated heterocycles. The highest BCUT2D eigenvalue weighted by Crippen LogP contribution is 2.27. The lowest BCUT2D eigenvalue weighted by molar-refractivity contribution is 0.377. The number of nitrogens with two attached hydrogens (primary N) is 1. The first-order chi connectivity index (χ1) is 6.44. The van der Waals surface area contributed by atoms with Crippen LogP contribution >= 0.6 is 27.5 Å². The molecule has 1 aromatic rings. The Bertz CT molecular complexity index is 323. The van der Waals surface area contributed by atoms with Crippen LogP contribution < -0.4 is 5.73 Å². The Morgan fingerprint density at radius 1 is 1.43 bits per heavy atom. The quantitative estimate of drug-likeness (QED) is 0.896. The highest BCUT2D eigenvalue weighted by atomic mass is 79.9. The highest BCUT2D eigenvalue weighted by Gasteiger charge is 2.16. The summed E-state index contributed by atoms with van der Waals surface area (Å²) >= 11 is 9.38. The molecule has 1 aromatic carbocycles. The fourth-order valence-electron chi connectivity index (χ4n) is 1.27. The summed E-state index contributed by atoms with van der Waals surface area (Å²) in [7, 11) is 0. The summed E-state index contributed by atoms with van der Waals surface area (Å²) in [5.74, 6) is 0. The van der Waals surface area contributed by atoms with Crippen LogP contribution in [0.15, 0.2) is 22.7 Å². The number of rotatable bonds is 3. The van der Waals surface area contributed by atoms with Crippen LogP contribution in [0.25, 0.3) is 0 Å². The Labute approximate surface area is 98.8 Å². The normalized spacial score (nSPS) is 11.8. The smallest absolute Gasteiger partial charge is 0.0550 e. The van der Waals surface area contributed by atoms with Crippen molar-refractivity contribution in [1.29, 1.82) is 0 Å². The molecule has 0 aromatic heterocycles. The van der Waals surface area contributed by atoms with E-state index in [-0.39, 0.29) is 5.41 Å². The highest BCUT2D eigenvalue weighted by molar-refractivity contribution is 9.10. The zero-order valence-electron chi connectivity index (χ0n) is 8.48. The molecule has 0 fully saturated rings. The molecular weight excluding hydrogens is 261 g/mol. The predicted molar refractivity (Wildman–Crippen MR) is 65.7 cm³/mol. The van der Waals surface area contributed by atoms with Gasteiger partial charge in [0.25, 0.3) is 0 Å². The molecule has 2 N–H and O–H groups in total. The Kier molecular flexibility index (Phi) is 3.99. The van der Waals surface area contributed by atoms with Gasteiger partial charge in [-0.25, -0.2) is 0 Å². The first-order valence-corrected chi connectivity index (χ1v) is 5.76. The molecule has 0 amide bonds. The third kappa shape index (κ3) is 3.26. The fourth-order valence-corrected chi connectivity index (χ4v) is 1.72. The van der Waals surface area contributed by atoms with Gasteiger partial charge in [-0.3, -0.25) is 0 Å². The molecule has 14 heavy (non-hydrogen) atoms. The van der Waals surface area contributed by atoms with Crippen molar-refractivity contribution in [2.75, 3.05) is 6.54 Å². The van der Waals surface area contributed by atoms with Gasteiger partial charge >= 0.3 is 0 Å². The molecule has 0 heterocycles. The fraction of sp³-hybridized carbons (Fsp3) is 0.455. The Morgan fingerprint density at radius 3 is 2.57 bits per heavy atom. The van der Waals surface area contributed by atoms with Crippen molar-refractivity contribution in [3.8, 4) is 0 Å². The van der Waals surface area contributed by atoms with Crippen molar-refractivity contribution < 1.29 is 0 Å². The molecule has 0 bridgehead atoms. The van der Waals surface area contributed by atoms with Crippen molar-refractivity contribution in [2.24, 2.45) is 11.1 Å². The Hall–Kier alpha value is -0.0500. The minimum Gasteiger partial charge on any atom is -0.330 e. The first kappa shape index (κ1) is 12.0. The van der Waals surface area contributed by atoms with Crippen LogP contribution in [0.5, 0.6) is 0 Å². The van der Waals surface area contributed by atoms with E-state index in [1.165, 1.54) is 5.56 Å². The summed E-state index contributed by atoms with van der Waals surface area (Å²) < 4.78 is 0.938. The maximum Gasteiger partial charge on any atom is 0.0550 e. The third-order valence-corrected chi connectivity index (χ3v) is 3.45. The van der Waals surface area contributed by atoms with Gasteiger partial charge in [0.2, 0.25) is 0 Å². The van der Waals surface area contributed by atoms with Crippen molar-refractivity contribution in [3.63, 3.8) is 0 Å². The molecule has 1 rings (SSSR count). The average Bonchev–Trinajstić information content (AvgIpc) is 2.11. The second kappa shape index (κ2) is 4.65. The van der Waals surface area contributed by atoms with Crippen LogP contribution in [0.3, 0.4) is 0 Å². The van der Waals surface area contributed by atoms with E-state index >= 15 is 0 Å². The summed E-state index contributed by atoms with van der Waals surface area (Å²) in [5.41, 5.74) is 7.05. The summed E-state index contributed by atoms with van der Waals surface area (Å²) in [4.78, 5) is 0. The SMILES string of the molecule is CC(C)(CN)Cc1ccc(Br)c(Cl)c1. The van der Waals surface area contributed by atoms with E-state index in [0.29, 0.717) is 6.54 Å². The lowest BCUT2D eigenvalue weighted by Crippen LogP contribution is -2.25. The lowest BCUT2D eigenvalue weighted by atomic mass is 9.86. The van der Waals surface area contributed by atoms with Gasteiger partial charge in [0.15, 0.2) is 0 Å². The van der Waals surface area contributed by atoms with Crippen LogP contribution in [0.4, 0.5) is 0 Å². The van der Waals surface area contributed by atoms with Crippen LogP contribution in [0.1, 0.15) is 19.4 Å². The van der Waals surface area contributed by atoms with Gasteiger partial charge in [0.1, 0.15) is 0 Å². The first-order valence-electron chi connectivity index (χ1n) is 4.58. The predicted octanol–water partition coefficient (Wildman–Crippen LogP) is 3.63. The zero-order chi connectivity index (χ0) is 10.8. The summed E-state index contributed by atoms with van der Waals surface area (Å²) in [6.07, 6.45) is 0.955. The second-order valence-corrected chi connectivity index (χ2v) is 5.56. The molecule has 3 heteroatoms. The molecule has 78 valence electrons. The molecule has 0 aliphatic heterocycles.